The summed E-state index contributed by atoms with van der Waals surface area (Å²) < 4.78 is 6.78. The molecule has 0 unspecified atom stereocenters. The van der Waals surface area contributed by atoms with Gasteiger partial charge in [0.05, 0.1) is 6.61 Å². The molecule has 1 saturated heterocycles. The monoisotopic (exact) mass is 469 g/mol. The Hall–Kier alpha value is -1.80. The molecule has 1 heterocycles. The number of benzene rings is 1. The molecule has 8 heteroatoms. The number of carbonyl (C=O) groups excluding carboxylic acids is 1. The molecular formula is C21H32BrN3O4. The molecule has 1 fully saturated rings. The van der Waals surface area contributed by atoms with Crippen molar-refractivity contribution in [1.29, 1.82) is 0 Å². The number of carboxylic acid groups (broad SMARTS) is 1. The summed E-state index contributed by atoms with van der Waals surface area (Å²) >= 11 is 3.41. The summed E-state index contributed by atoms with van der Waals surface area (Å²) in [4.78, 5) is 28.5. The predicted molar refractivity (Wildman–Crippen MR) is 116 cm³/mol. The number of halogens is 1. The van der Waals surface area contributed by atoms with Crippen LogP contribution in [0.25, 0.3) is 0 Å². The number of nitrogens with one attached hydrogen (secondary N) is 1. The molecule has 1 aliphatic heterocycles. The lowest BCUT2D eigenvalue weighted by Gasteiger charge is -2.45. The molecule has 2 rings (SSSR count). The van der Waals surface area contributed by atoms with E-state index in [4.69, 9.17) is 4.74 Å². The van der Waals surface area contributed by atoms with Gasteiger partial charge in [-0.15, -0.1) is 0 Å². The molecule has 0 radical (unpaired) electrons. The second-order valence-corrected chi connectivity index (χ2v) is 9.51. The highest BCUT2D eigenvalue weighted by molar-refractivity contribution is 9.10. The third-order valence-electron chi connectivity index (χ3n) is 5.65. The molecule has 29 heavy (non-hydrogen) atoms. The van der Waals surface area contributed by atoms with Crippen molar-refractivity contribution in [2.24, 2.45) is 5.41 Å². The smallest absolute Gasteiger partial charge is 0.405 e. The maximum atomic E-state index is 13.1. The summed E-state index contributed by atoms with van der Waals surface area (Å²) in [6.45, 7) is 11.6. The van der Waals surface area contributed by atoms with Gasteiger partial charge in [0.15, 0.2) is 0 Å². The molecule has 162 valence electrons. The summed E-state index contributed by atoms with van der Waals surface area (Å²) in [5.74, 6) is 0.696. The Kier molecular flexibility index (Phi) is 7.94. The summed E-state index contributed by atoms with van der Waals surface area (Å²) in [7, 11) is 0. The average Bonchev–Trinajstić information content (AvgIpc) is 2.65. The highest BCUT2D eigenvalue weighted by Gasteiger charge is 2.48. The Morgan fingerprint density at radius 3 is 2.21 bits per heavy atom. The lowest BCUT2D eigenvalue weighted by atomic mass is 9.73. The van der Waals surface area contributed by atoms with E-state index in [0.717, 1.165) is 36.3 Å². The van der Waals surface area contributed by atoms with E-state index in [1.807, 2.05) is 45.0 Å². The van der Waals surface area contributed by atoms with E-state index in [1.54, 1.807) is 11.8 Å². The summed E-state index contributed by atoms with van der Waals surface area (Å²) in [6.07, 6.45) is -0.273. The van der Waals surface area contributed by atoms with Gasteiger partial charge in [-0.25, -0.2) is 4.79 Å². The molecule has 1 aromatic carbocycles. The Balaban J connectivity index is 1.79. The number of hydrogen-bond acceptors (Lipinski definition) is 4. The van der Waals surface area contributed by atoms with Gasteiger partial charge in [0.2, 0.25) is 5.91 Å². The third-order valence-corrected chi connectivity index (χ3v) is 6.17. The normalized spacial score (nSPS) is 17.5. The highest BCUT2D eigenvalue weighted by atomic mass is 79.9. The number of hydrogen-bond donors (Lipinski definition) is 2. The molecular weight excluding hydrogens is 438 g/mol. The van der Waals surface area contributed by atoms with Crippen molar-refractivity contribution in [3.63, 3.8) is 0 Å². The van der Waals surface area contributed by atoms with Crippen LogP contribution in [0.5, 0.6) is 5.75 Å². The largest absolute Gasteiger partial charge is 0.494 e. The molecule has 0 saturated carbocycles. The molecule has 2 amide bonds. The number of ether oxygens (including phenoxy) is 1. The zero-order valence-electron chi connectivity index (χ0n) is 17.7. The van der Waals surface area contributed by atoms with Crippen molar-refractivity contribution in [3.8, 4) is 5.75 Å². The quantitative estimate of drug-likeness (QED) is 0.597. The predicted octanol–water partition coefficient (Wildman–Crippen LogP) is 3.43. The Morgan fingerprint density at radius 1 is 1.10 bits per heavy atom. The average molecular weight is 470 g/mol. The number of nitrogens with zero attached hydrogens (tertiary/aromatic N) is 2. The van der Waals surface area contributed by atoms with Crippen molar-refractivity contribution >= 4 is 27.9 Å². The van der Waals surface area contributed by atoms with E-state index in [2.05, 4.69) is 26.1 Å². The number of carbonyl (C=O) groups is 2. The molecule has 1 aliphatic rings. The van der Waals surface area contributed by atoms with E-state index < -0.39 is 17.0 Å². The van der Waals surface area contributed by atoms with Crippen LogP contribution in [-0.2, 0) is 4.79 Å². The van der Waals surface area contributed by atoms with Crippen LogP contribution < -0.4 is 10.1 Å². The van der Waals surface area contributed by atoms with Gasteiger partial charge in [0.25, 0.3) is 0 Å². The van der Waals surface area contributed by atoms with Crippen molar-refractivity contribution in [3.05, 3.63) is 28.7 Å². The van der Waals surface area contributed by atoms with Gasteiger partial charge in [-0.2, -0.15) is 0 Å². The SMILES string of the molecule is CC(C)(C)[C@](C)(NC(=O)O)C(=O)N1CCN(CCCOc2ccc(Br)cc2)CC1. The van der Waals surface area contributed by atoms with Crippen LogP contribution in [0, 0.1) is 5.41 Å². The van der Waals surface area contributed by atoms with Crippen molar-refractivity contribution in [2.75, 3.05) is 39.3 Å². The van der Waals surface area contributed by atoms with Crippen molar-refractivity contribution in [2.45, 2.75) is 39.7 Å². The van der Waals surface area contributed by atoms with Gasteiger partial charge in [-0.1, -0.05) is 36.7 Å². The van der Waals surface area contributed by atoms with E-state index in [0.29, 0.717) is 19.7 Å². The topological polar surface area (TPSA) is 82.1 Å². The van der Waals surface area contributed by atoms with Crippen molar-refractivity contribution < 1.29 is 19.4 Å². The van der Waals surface area contributed by atoms with Crippen LogP contribution >= 0.6 is 15.9 Å². The Labute approximate surface area is 181 Å². The molecule has 0 aromatic heterocycles. The van der Waals surface area contributed by atoms with E-state index in [9.17, 15) is 14.7 Å². The van der Waals surface area contributed by atoms with Crippen LogP contribution in [0.4, 0.5) is 4.79 Å². The molecule has 0 bridgehead atoms. The van der Waals surface area contributed by atoms with Gasteiger partial charge < -0.3 is 20.1 Å². The third kappa shape index (κ3) is 6.34. The van der Waals surface area contributed by atoms with Crippen LogP contribution in [0.1, 0.15) is 34.1 Å². The Morgan fingerprint density at radius 2 is 1.69 bits per heavy atom. The minimum absolute atomic E-state index is 0.161. The summed E-state index contributed by atoms with van der Waals surface area (Å²) in [5, 5.41) is 11.7. The maximum Gasteiger partial charge on any atom is 0.405 e. The highest BCUT2D eigenvalue weighted by Crippen LogP contribution is 2.32. The van der Waals surface area contributed by atoms with Gasteiger partial charge >= 0.3 is 6.09 Å². The lowest BCUT2D eigenvalue weighted by Crippen LogP contribution is -2.66. The molecule has 0 spiro atoms. The molecule has 1 atom stereocenters. The summed E-state index contributed by atoms with van der Waals surface area (Å²) in [6, 6.07) is 7.78. The number of piperazine rings is 1. The van der Waals surface area contributed by atoms with Crippen LogP contribution in [0.3, 0.4) is 0 Å². The first-order chi connectivity index (χ1) is 13.5. The first-order valence-corrected chi connectivity index (χ1v) is 10.7. The molecule has 2 N–H and O–H groups in total. The first kappa shape index (κ1) is 23.5. The fourth-order valence-electron chi connectivity index (χ4n) is 3.28. The molecule has 0 aliphatic carbocycles. The van der Waals surface area contributed by atoms with Crippen LogP contribution in [0.2, 0.25) is 0 Å². The molecule has 1 aromatic rings. The number of amides is 2. The number of rotatable bonds is 7. The minimum Gasteiger partial charge on any atom is -0.494 e. The standard InChI is InChI=1S/C21H32BrN3O4/c1-20(2,3)21(4,23-19(27)28)18(26)25-13-11-24(12-14-25)10-5-15-29-17-8-6-16(22)7-9-17/h6-9,23H,5,10-15H2,1-4H3,(H,27,28)/t21-/m1/s1. The second-order valence-electron chi connectivity index (χ2n) is 8.59. The Bertz CT molecular complexity index is 697. The first-order valence-electron chi connectivity index (χ1n) is 9.94. The van der Waals surface area contributed by atoms with Gasteiger partial charge in [-0.3, -0.25) is 9.69 Å². The fourth-order valence-corrected chi connectivity index (χ4v) is 3.54. The summed E-state index contributed by atoms with van der Waals surface area (Å²) in [5.41, 5.74) is -1.70. The minimum atomic E-state index is -1.18. The molecule has 7 nitrogen and oxygen atoms in total. The van der Waals surface area contributed by atoms with Crippen LogP contribution in [-0.4, -0.2) is 71.8 Å². The van der Waals surface area contributed by atoms with Crippen LogP contribution in [0.15, 0.2) is 28.7 Å². The van der Waals surface area contributed by atoms with Gasteiger partial charge in [0.1, 0.15) is 11.3 Å². The zero-order valence-corrected chi connectivity index (χ0v) is 19.3. The lowest BCUT2D eigenvalue weighted by molar-refractivity contribution is -0.143. The fraction of sp³-hybridized carbons (Fsp3) is 0.619. The second kappa shape index (κ2) is 9.80. The van der Waals surface area contributed by atoms with Gasteiger partial charge in [-0.05, 0) is 43.0 Å². The van der Waals surface area contributed by atoms with Crippen molar-refractivity contribution in [1.82, 2.24) is 15.1 Å². The van der Waals surface area contributed by atoms with E-state index >= 15 is 0 Å². The van der Waals surface area contributed by atoms with E-state index in [-0.39, 0.29) is 5.91 Å². The maximum absolute atomic E-state index is 13.1. The van der Waals surface area contributed by atoms with Gasteiger partial charge in [0, 0.05) is 37.2 Å². The zero-order chi connectivity index (χ0) is 21.7. The van der Waals surface area contributed by atoms with E-state index in [1.165, 1.54) is 0 Å².